The van der Waals surface area contributed by atoms with Crippen LogP contribution in [0.3, 0.4) is 0 Å². The summed E-state index contributed by atoms with van der Waals surface area (Å²) in [5.41, 5.74) is 0.680. The molecule has 1 N–H and O–H groups in total. The fourth-order valence-electron chi connectivity index (χ4n) is 3.25. The molecule has 0 aliphatic carbocycles. The maximum atomic E-state index is 12.5. The summed E-state index contributed by atoms with van der Waals surface area (Å²) >= 11 is 1.55. The monoisotopic (exact) mass is 341 g/mol. The highest BCUT2D eigenvalue weighted by Crippen LogP contribution is 2.35. The van der Waals surface area contributed by atoms with E-state index in [4.69, 9.17) is 4.74 Å². The van der Waals surface area contributed by atoms with Gasteiger partial charge in [0.05, 0.1) is 13.1 Å². The van der Waals surface area contributed by atoms with E-state index in [1.165, 1.54) is 0 Å². The van der Waals surface area contributed by atoms with E-state index in [0.29, 0.717) is 13.1 Å². The summed E-state index contributed by atoms with van der Waals surface area (Å²) in [5, 5.41) is 5.78. The van der Waals surface area contributed by atoms with Crippen LogP contribution in [0.2, 0.25) is 0 Å². The Morgan fingerprint density at radius 3 is 3.21 bits per heavy atom. The van der Waals surface area contributed by atoms with Crippen molar-refractivity contribution in [2.75, 3.05) is 13.1 Å². The van der Waals surface area contributed by atoms with Crippen molar-refractivity contribution in [3.63, 3.8) is 0 Å². The van der Waals surface area contributed by atoms with Crippen LogP contribution in [0, 0.1) is 0 Å². The molecular formula is C18H19N3O2S. The Morgan fingerprint density at radius 2 is 2.33 bits per heavy atom. The Morgan fingerprint density at radius 1 is 1.42 bits per heavy atom. The molecule has 1 fully saturated rings. The molecule has 1 atom stereocenters. The van der Waals surface area contributed by atoms with Crippen molar-refractivity contribution < 1.29 is 9.53 Å². The van der Waals surface area contributed by atoms with Crippen molar-refractivity contribution >= 4 is 23.4 Å². The maximum Gasteiger partial charge on any atom is 0.317 e. The number of urea groups is 1. The van der Waals surface area contributed by atoms with E-state index in [0.717, 1.165) is 35.7 Å². The molecule has 0 unspecified atom stereocenters. The van der Waals surface area contributed by atoms with Crippen LogP contribution in [-0.4, -0.2) is 34.6 Å². The molecular weight excluding hydrogens is 322 g/mol. The second-order valence-electron chi connectivity index (χ2n) is 6.15. The third kappa shape index (κ3) is 3.01. The van der Waals surface area contributed by atoms with E-state index in [1.807, 2.05) is 34.5 Å². The van der Waals surface area contributed by atoms with Gasteiger partial charge in [0.25, 0.3) is 0 Å². The number of piperidine rings is 1. The minimum absolute atomic E-state index is 0.0554. The molecule has 0 radical (unpaired) electrons. The first-order valence-corrected chi connectivity index (χ1v) is 9.01. The molecule has 5 nitrogen and oxygen atoms in total. The molecule has 1 saturated heterocycles. The van der Waals surface area contributed by atoms with E-state index >= 15 is 0 Å². The SMILES string of the molecule is O=C(NCc1nccs1)N1CCC[C@@]2(C=Cc3ccccc3O2)C1. The summed E-state index contributed by atoms with van der Waals surface area (Å²) in [4.78, 5) is 18.5. The first-order valence-electron chi connectivity index (χ1n) is 8.13. The number of hydrogen-bond acceptors (Lipinski definition) is 4. The van der Waals surface area contributed by atoms with Crippen molar-refractivity contribution in [2.24, 2.45) is 0 Å². The number of nitrogens with one attached hydrogen (secondary N) is 1. The number of rotatable bonds is 2. The van der Waals surface area contributed by atoms with Gasteiger partial charge in [-0.1, -0.05) is 24.3 Å². The van der Waals surface area contributed by atoms with Crippen LogP contribution in [0.5, 0.6) is 5.75 Å². The second-order valence-corrected chi connectivity index (χ2v) is 7.13. The molecule has 2 aliphatic rings. The van der Waals surface area contributed by atoms with Crippen molar-refractivity contribution in [2.45, 2.75) is 25.0 Å². The van der Waals surface area contributed by atoms with Crippen molar-refractivity contribution in [1.82, 2.24) is 15.2 Å². The Kier molecular flexibility index (Phi) is 3.98. The van der Waals surface area contributed by atoms with E-state index in [9.17, 15) is 4.79 Å². The predicted octanol–water partition coefficient (Wildman–Crippen LogP) is 3.29. The minimum Gasteiger partial charge on any atom is -0.481 e. The molecule has 2 aliphatic heterocycles. The smallest absolute Gasteiger partial charge is 0.317 e. The zero-order valence-electron chi connectivity index (χ0n) is 13.3. The lowest BCUT2D eigenvalue weighted by Crippen LogP contribution is -2.55. The van der Waals surface area contributed by atoms with Gasteiger partial charge in [0, 0.05) is 23.7 Å². The number of thiazole rings is 1. The number of carbonyl (C=O) groups excluding carboxylic acids is 1. The van der Waals surface area contributed by atoms with Gasteiger partial charge in [-0.15, -0.1) is 11.3 Å². The van der Waals surface area contributed by atoms with Crippen molar-refractivity contribution in [3.05, 3.63) is 52.5 Å². The maximum absolute atomic E-state index is 12.5. The number of para-hydroxylation sites is 1. The number of amides is 2. The number of aromatic nitrogens is 1. The molecule has 1 spiro atoms. The minimum atomic E-state index is -0.412. The van der Waals surface area contributed by atoms with Crippen LogP contribution < -0.4 is 10.1 Å². The molecule has 4 rings (SSSR count). The largest absolute Gasteiger partial charge is 0.481 e. The third-order valence-corrected chi connectivity index (χ3v) is 5.23. The Bertz CT molecular complexity index is 759. The molecule has 124 valence electrons. The highest BCUT2D eigenvalue weighted by Gasteiger charge is 2.39. The number of carbonyl (C=O) groups is 1. The fraction of sp³-hybridized carbons (Fsp3) is 0.333. The number of hydrogen-bond donors (Lipinski definition) is 1. The highest BCUT2D eigenvalue weighted by atomic mass is 32.1. The van der Waals surface area contributed by atoms with Crippen molar-refractivity contribution in [1.29, 1.82) is 0 Å². The lowest BCUT2D eigenvalue weighted by molar-refractivity contribution is 0.0414. The lowest BCUT2D eigenvalue weighted by atomic mass is 9.89. The summed E-state index contributed by atoms with van der Waals surface area (Å²) in [5.74, 6) is 0.894. The van der Waals surface area contributed by atoms with Gasteiger partial charge in [-0.3, -0.25) is 0 Å². The number of benzene rings is 1. The Hall–Kier alpha value is -2.34. The highest BCUT2D eigenvalue weighted by molar-refractivity contribution is 7.09. The van der Waals surface area contributed by atoms with Gasteiger partial charge in [0.2, 0.25) is 0 Å². The zero-order valence-corrected chi connectivity index (χ0v) is 14.1. The van der Waals surface area contributed by atoms with Crippen LogP contribution in [0.15, 0.2) is 41.9 Å². The van der Waals surface area contributed by atoms with Crippen LogP contribution in [0.4, 0.5) is 4.79 Å². The first kappa shape index (κ1) is 15.2. The van der Waals surface area contributed by atoms with E-state index in [1.54, 1.807) is 17.5 Å². The van der Waals surface area contributed by atoms with Crippen LogP contribution in [0.25, 0.3) is 6.08 Å². The van der Waals surface area contributed by atoms with Gasteiger partial charge in [-0.2, -0.15) is 0 Å². The van der Waals surface area contributed by atoms with Gasteiger partial charge in [-0.05, 0) is 25.0 Å². The van der Waals surface area contributed by atoms with E-state index in [2.05, 4.69) is 22.5 Å². The number of likely N-dealkylation sites (tertiary alicyclic amines) is 1. The fourth-order valence-corrected chi connectivity index (χ4v) is 3.81. The average Bonchev–Trinajstić information content (AvgIpc) is 3.13. The molecule has 3 heterocycles. The van der Waals surface area contributed by atoms with Crippen LogP contribution >= 0.6 is 11.3 Å². The van der Waals surface area contributed by atoms with Gasteiger partial charge in [0.15, 0.2) is 0 Å². The summed E-state index contributed by atoms with van der Waals surface area (Å²) in [6.45, 7) is 1.80. The van der Waals surface area contributed by atoms with Gasteiger partial charge >= 0.3 is 6.03 Å². The molecule has 6 heteroatoms. The predicted molar refractivity (Wildman–Crippen MR) is 94.0 cm³/mol. The van der Waals surface area contributed by atoms with E-state index < -0.39 is 5.60 Å². The normalized spacial score (nSPS) is 22.1. The standard InChI is InChI=1S/C18H19N3O2S/c22-17(20-12-16-19-9-11-24-16)21-10-3-7-18(13-21)8-6-14-4-1-2-5-15(14)23-18/h1-2,4-6,8-9,11H,3,7,10,12-13H2,(H,20,22)/t18-/m1/s1. The van der Waals surface area contributed by atoms with Gasteiger partial charge < -0.3 is 15.0 Å². The summed E-state index contributed by atoms with van der Waals surface area (Å²) in [6.07, 6.45) is 7.82. The molecule has 1 aromatic carbocycles. The molecule has 2 aromatic rings. The van der Waals surface area contributed by atoms with Crippen molar-refractivity contribution in [3.8, 4) is 5.75 Å². The van der Waals surface area contributed by atoms with Crippen LogP contribution in [0.1, 0.15) is 23.4 Å². The molecule has 1 aromatic heterocycles. The molecule has 0 saturated carbocycles. The number of nitrogens with zero attached hydrogens (tertiary/aromatic N) is 2. The number of ether oxygens (including phenoxy) is 1. The Balaban J connectivity index is 1.43. The first-order chi connectivity index (χ1) is 11.7. The Labute approximate surface area is 145 Å². The quantitative estimate of drug-likeness (QED) is 0.912. The van der Waals surface area contributed by atoms with Crippen LogP contribution in [-0.2, 0) is 6.54 Å². The lowest BCUT2D eigenvalue weighted by Gasteiger charge is -2.42. The number of fused-ring (bicyclic) bond motifs is 1. The molecule has 2 amide bonds. The zero-order chi connectivity index (χ0) is 16.4. The summed E-state index contributed by atoms with van der Waals surface area (Å²) in [6, 6.07) is 7.96. The van der Waals surface area contributed by atoms with Gasteiger partial charge in [-0.25, -0.2) is 9.78 Å². The summed E-state index contributed by atoms with van der Waals surface area (Å²) in [7, 11) is 0. The average molecular weight is 341 g/mol. The summed E-state index contributed by atoms with van der Waals surface area (Å²) < 4.78 is 6.27. The van der Waals surface area contributed by atoms with E-state index in [-0.39, 0.29) is 6.03 Å². The molecule has 0 bridgehead atoms. The molecule has 24 heavy (non-hydrogen) atoms. The third-order valence-electron chi connectivity index (χ3n) is 4.45. The topological polar surface area (TPSA) is 54.5 Å². The van der Waals surface area contributed by atoms with Gasteiger partial charge in [0.1, 0.15) is 16.4 Å². The second kappa shape index (κ2) is 6.28.